The zero-order valence-corrected chi connectivity index (χ0v) is 13.0. The lowest BCUT2D eigenvalue weighted by Crippen LogP contribution is -2.22. The Hall–Kier alpha value is -0.830. The molecule has 110 valence electrons. The summed E-state index contributed by atoms with van der Waals surface area (Å²) in [4.78, 5) is 0. The third-order valence-electron chi connectivity index (χ3n) is 3.78. The first-order chi connectivity index (χ1) is 9.25. The molecule has 0 aliphatic heterocycles. The summed E-state index contributed by atoms with van der Waals surface area (Å²) in [5.74, 6) is 0. The molecular weight excluding hydrogens is 234 g/mol. The molecule has 1 aromatic rings. The van der Waals surface area contributed by atoms with Crippen LogP contribution in [0.3, 0.4) is 0 Å². The molecule has 1 atom stereocenters. The monoisotopic (exact) mass is 265 g/mol. The van der Waals surface area contributed by atoms with E-state index in [1.165, 1.54) is 57.1 Å². The highest BCUT2D eigenvalue weighted by Gasteiger charge is 2.07. The highest BCUT2D eigenvalue weighted by atomic mass is 15.3. The number of hydrogen-bond acceptors (Lipinski definition) is 2. The minimum atomic E-state index is 0.400. The molecule has 0 saturated carbocycles. The number of rotatable bonds is 11. The minimum absolute atomic E-state index is 0.400. The third-order valence-corrected chi connectivity index (χ3v) is 3.78. The molecule has 1 unspecified atom stereocenters. The van der Waals surface area contributed by atoms with Crippen molar-refractivity contribution < 1.29 is 0 Å². The number of unbranched alkanes of at least 4 members (excludes halogenated alkanes) is 7. The van der Waals surface area contributed by atoms with Crippen molar-refractivity contribution in [3.8, 4) is 0 Å². The molecule has 0 aliphatic carbocycles. The lowest BCUT2D eigenvalue weighted by atomic mass is 10.1. The van der Waals surface area contributed by atoms with Gasteiger partial charge in [0, 0.05) is 19.3 Å². The van der Waals surface area contributed by atoms with Crippen molar-refractivity contribution >= 4 is 0 Å². The lowest BCUT2D eigenvalue weighted by molar-refractivity contribution is 0.500. The summed E-state index contributed by atoms with van der Waals surface area (Å²) in [5, 5.41) is 7.78. The maximum Gasteiger partial charge on any atom is 0.0547 e. The molecule has 0 saturated heterocycles. The topological polar surface area (TPSA) is 29.9 Å². The van der Waals surface area contributed by atoms with Gasteiger partial charge in [-0.15, -0.1) is 0 Å². The molecule has 0 radical (unpaired) electrons. The molecule has 1 heterocycles. The molecule has 0 spiro atoms. The molecule has 19 heavy (non-hydrogen) atoms. The molecule has 1 aromatic heterocycles. The Morgan fingerprint density at radius 3 is 2.32 bits per heavy atom. The molecule has 3 nitrogen and oxygen atoms in total. The molecule has 3 heteroatoms. The number of nitrogens with one attached hydrogen (secondary N) is 1. The van der Waals surface area contributed by atoms with E-state index in [0.717, 1.165) is 6.54 Å². The van der Waals surface area contributed by atoms with Crippen LogP contribution < -0.4 is 5.32 Å². The second-order valence-electron chi connectivity index (χ2n) is 5.53. The van der Waals surface area contributed by atoms with E-state index in [-0.39, 0.29) is 0 Å². The van der Waals surface area contributed by atoms with Crippen LogP contribution in [0.5, 0.6) is 0 Å². The van der Waals surface area contributed by atoms with Gasteiger partial charge in [0.15, 0.2) is 0 Å². The molecular formula is C16H31N3. The fourth-order valence-corrected chi connectivity index (χ4v) is 2.49. The summed E-state index contributed by atoms with van der Waals surface area (Å²) >= 11 is 0. The number of hydrogen-bond donors (Lipinski definition) is 1. The Balaban J connectivity index is 1.95. The van der Waals surface area contributed by atoms with Gasteiger partial charge in [0.25, 0.3) is 0 Å². The molecule has 1 rings (SSSR count). The predicted molar refractivity (Wildman–Crippen MR) is 82.2 cm³/mol. The van der Waals surface area contributed by atoms with E-state index in [4.69, 9.17) is 0 Å². The summed E-state index contributed by atoms with van der Waals surface area (Å²) in [6.45, 7) is 5.60. The predicted octanol–water partition coefficient (Wildman–Crippen LogP) is 4.21. The smallest absolute Gasteiger partial charge is 0.0547 e. The van der Waals surface area contributed by atoms with Crippen LogP contribution >= 0.6 is 0 Å². The lowest BCUT2D eigenvalue weighted by Gasteiger charge is -2.14. The van der Waals surface area contributed by atoms with Crippen LogP contribution in [0.1, 0.15) is 76.9 Å². The molecule has 0 bridgehead atoms. The Morgan fingerprint density at radius 2 is 1.74 bits per heavy atom. The molecule has 0 fully saturated rings. The van der Waals surface area contributed by atoms with Gasteiger partial charge in [0.05, 0.1) is 5.69 Å². The maximum absolute atomic E-state index is 4.21. The van der Waals surface area contributed by atoms with Gasteiger partial charge in [-0.3, -0.25) is 4.68 Å². The van der Waals surface area contributed by atoms with E-state index in [1.54, 1.807) is 0 Å². The van der Waals surface area contributed by atoms with Crippen LogP contribution in [-0.4, -0.2) is 16.3 Å². The summed E-state index contributed by atoms with van der Waals surface area (Å²) in [6, 6.07) is 2.49. The Kier molecular flexibility index (Phi) is 8.55. The fourth-order valence-electron chi connectivity index (χ4n) is 2.49. The van der Waals surface area contributed by atoms with Gasteiger partial charge in [0.2, 0.25) is 0 Å². The molecule has 0 aromatic carbocycles. The van der Waals surface area contributed by atoms with Gasteiger partial charge >= 0.3 is 0 Å². The minimum Gasteiger partial charge on any atom is -0.309 e. The highest BCUT2D eigenvalue weighted by molar-refractivity contribution is 5.04. The van der Waals surface area contributed by atoms with Gasteiger partial charge in [0.1, 0.15) is 0 Å². The zero-order valence-electron chi connectivity index (χ0n) is 13.0. The van der Waals surface area contributed by atoms with Crippen molar-refractivity contribution in [2.45, 2.75) is 71.3 Å². The summed E-state index contributed by atoms with van der Waals surface area (Å²) in [6.07, 6.45) is 12.9. The summed E-state index contributed by atoms with van der Waals surface area (Å²) < 4.78 is 1.95. The Morgan fingerprint density at radius 1 is 1.11 bits per heavy atom. The zero-order chi connectivity index (χ0) is 13.9. The van der Waals surface area contributed by atoms with Gasteiger partial charge < -0.3 is 5.32 Å². The van der Waals surface area contributed by atoms with Crippen molar-refractivity contribution in [3.63, 3.8) is 0 Å². The van der Waals surface area contributed by atoms with Crippen LogP contribution in [0.25, 0.3) is 0 Å². The maximum atomic E-state index is 4.21. The third kappa shape index (κ3) is 6.76. The van der Waals surface area contributed by atoms with Gasteiger partial charge in [-0.25, -0.2) is 0 Å². The molecule has 0 amide bonds. The number of aromatic nitrogens is 2. The molecule has 0 aliphatic rings. The van der Waals surface area contributed by atoms with Crippen molar-refractivity contribution in [2.75, 3.05) is 6.54 Å². The van der Waals surface area contributed by atoms with E-state index < -0.39 is 0 Å². The van der Waals surface area contributed by atoms with Crippen molar-refractivity contribution in [3.05, 3.63) is 18.0 Å². The second-order valence-corrected chi connectivity index (χ2v) is 5.53. The number of nitrogens with zero attached hydrogens (tertiary/aromatic N) is 2. The summed E-state index contributed by atoms with van der Waals surface area (Å²) in [7, 11) is 2.00. The Bertz CT molecular complexity index is 320. The van der Waals surface area contributed by atoms with Gasteiger partial charge in [-0.1, -0.05) is 51.9 Å². The average molecular weight is 265 g/mol. The largest absolute Gasteiger partial charge is 0.309 e. The number of aryl methyl sites for hydroxylation is 1. The van der Waals surface area contributed by atoms with Gasteiger partial charge in [-0.2, -0.15) is 5.10 Å². The van der Waals surface area contributed by atoms with Crippen molar-refractivity contribution in [1.29, 1.82) is 0 Å². The van der Waals surface area contributed by atoms with Gasteiger partial charge in [-0.05, 0) is 26.0 Å². The van der Waals surface area contributed by atoms with Crippen LogP contribution in [0.4, 0.5) is 0 Å². The van der Waals surface area contributed by atoms with E-state index in [0.29, 0.717) is 6.04 Å². The highest BCUT2D eigenvalue weighted by Crippen LogP contribution is 2.11. The standard InChI is InChI=1S/C16H31N3/c1-4-5-6-7-8-9-10-11-13-17-15(2)16-12-14-18-19(16)3/h12,14-15,17H,4-11,13H2,1-3H3. The average Bonchev–Trinajstić information content (AvgIpc) is 2.83. The van der Waals surface area contributed by atoms with Crippen LogP contribution in [-0.2, 0) is 7.05 Å². The fraction of sp³-hybridized carbons (Fsp3) is 0.812. The first kappa shape index (κ1) is 16.2. The quantitative estimate of drug-likeness (QED) is 0.607. The van der Waals surface area contributed by atoms with Crippen molar-refractivity contribution in [1.82, 2.24) is 15.1 Å². The van der Waals surface area contributed by atoms with Crippen LogP contribution in [0, 0.1) is 0 Å². The van der Waals surface area contributed by atoms with E-state index >= 15 is 0 Å². The Labute approximate surface area is 118 Å². The first-order valence-electron chi connectivity index (χ1n) is 7.97. The van der Waals surface area contributed by atoms with E-state index in [1.807, 2.05) is 17.9 Å². The second kappa shape index (κ2) is 10.0. The normalized spacial score (nSPS) is 12.8. The van der Waals surface area contributed by atoms with Crippen LogP contribution in [0.15, 0.2) is 12.3 Å². The van der Waals surface area contributed by atoms with E-state index in [9.17, 15) is 0 Å². The van der Waals surface area contributed by atoms with Crippen molar-refractivity contribution in [2.24, 2.45) is 7.05 Å². The SMILES string of the molecule is CCCCCCCCCCNC(C)c1ccnn1C. The first-order valence-corrected chi connectivity index (χ1v) is 7.97. The molecule has 1 N–H and O–H groups in total. The van der Waals surface area contributed by atoms with Crippen LogP contribution in [0.2, 0.25) is 0 Å². The van der Waals surface area contributed by atoms with E-state index in [2.05, 4.69) is 30.3 Å². The summed E-state index contributed by atoms with van der Waals surface area (Å²) in [5.41, 5.74) is 1.26.